The van der Waals surface area contributed by atoms with Gasteiger partial charge in [0.05, 0.1) is 25.4 Å². The third-order valence-electron chi connectivity index (χ3n) is 16.5. The molecule has 0 saturated heterocycles. The first-order valence-corrected chi connectivity index (χ1v) is 35.1. The van der Waals surface area contributed by atoms with E-state index in [0.29, 0.717) is 19.4 Å². The lowest BCUT2D eigenvalue weighted by Crippen LogP contribution is -2.45. The maximum atomic E-state index is 12.5. The van der Waals surface area contributed by atoms with Crippen LogP contribution < -0.4 is 5.32 Å². The Hall–Kier alpha value is -1.66. The number of esters is 1. The molecule has 456 valence electrons. The zero-order valence-electron chi connectivity index (χ0n) is 52.2. The van der Waals surface area contributed by atoms with Crippen LogP contribution in [-0.4, -0.2) is 47.4 Å². The SMILES string of the molecule is CCCCCCCC/C=C\CCCCCCCC(=O)OCCCCCCCCCCCCCCCCCCCCCCCCCCCCCCCCCCCC(=O)NC(CO)C(O)/C=C/CCCCCCCCCCCC. The van der Waals surface area contributed by atoms with Gasteiger partial charge in [-0.2, -0.15) is 0 Å². The molecule has 6 heteroatoms. The number of allylic oxidation sites excluding steroid dienone is 3. The molecule has 2 atom stereocenters. The molecule has 0 radical (unpaired) electrons. The first kappa shape index (κ1) is 75.3. The van der Waals surface area contributed by atoms with E-state index in [1.165, 1.54) is 321 Å². The van der Waals surface area contributed by atoms with E-state index < -0.39 is 12.1 Å². The Morgan fingerprint density at radius 3 is 0.922 bits per heavy atom. The van der Waals surface area contributed by atoms with Gasteiger partial charge >= 0.3 is 5.97 Å². The Labute approximate surface area is 481 Å². The molecule has 0 aliphatic carbocycles. The molecule has 0 fully saturated rings. The molecule has 0 rings (SSSR count). The molecule has 0 aromatic heterocycles. The van der Waals surface area contributed by atoms with Gasteiger partial charge in [0.1, 0.15) is 0 Å². The monoisotopic (exact) mass is 1080 g/mol. The van der Waals surface area contributed by atoms with Gasteiger partial charge in [-0.25, -0.2) is 0 Å². The number of nitrogens with one attached hydrogen (secondary N) is 1. The molecular formula is C71H137NO5. The molecule has 2 unspecified atom stereocenters. The van der Waals surface area contributed by atoms with Gasteiger partial charge in [0.2, 0.25) is 5.91 Å². The van der Waals surface area contributed by atoms with E-state index in [4.69, 9.17) is 4.74 Å². The predicted octanol–water partition coefficient (Wildman–Crippen LogP) is 22.5. The summed E-state index contributed by atoms with van der Waals surface area (Å²) in [6.45, 7) is 4.92. The fraction of sp³-hybridized carbons (Fsp3) is 0.915. The molecule has 0 bridgehead atoms. The van der Waals surface area contributed by atoms with Crippen molar-refractivity contribution in [3.8, 4) is 0 Å². The van der Waals surface area contributed by atoms with Gasteiger partial charge in [0, 0.05) is 12.8 Å². The van der Waals surface area contributed by atoms with Crippen molar-refractivity contribution in [3.05, 3.63) is 24.3 Å². The van der Waals surface area contributed by atoms with E-state index in [1.54, 1.807) is 6.08 Å². The Morgan fingerprint density at radius 2 is 0.610 bits per heavy atom. The van der Waals surface area contributed by atoms with Crippen molar-refractivity contribution in [2.45, 2.75) is 405 Å². The Kier molecular flexibility index (Phi) is 65.4. The van der Waals surface area contributed by atoms with Crippen molar-refractivity contribution < 1.29 is 24.5 Å². The van der Waals surface area contributed by atoms with E-state index in [1.807, 2.05) is 6.08 Å². The lowest BCUT2D eigenvalue weighted by atomic mass is 10.0. The van der Waals surface area contributed by atoms with Crippen molar-refractivity contribution in [2.75, 3.05) is 13.2 Å². The van der Waals surface area contributed by atoms with E-state index in [0.717, 1.165) is 44.9 Å². The minimum atomic E-state index is -0.839. The Balaban J connectivity index is 3.31. The number of carbonyl (C=O) groups excluding carboxylic acids is 2. The van der Waals surface area contributed by atoms with E-state index in [9.17, 15) is 19.8 Å². The summed E-state index contributed by atoms with van der Waals surface area (Å²) in [7, 11) is 0. The highest BCUT2D eigenvalue weighted by Crippen LogP contribution is 2.19. The molecule has 6 nitrogen and oxygen atoms in total. The average Bonchev–Trinajstić information content (AvgIpc) is 3.43. The average molecular weight is 1080 g/mol. The first-order valence-electron chi connectivity index (χ1n) is 35.1. The number of aliphatic hydroxyl groups is 2. The van der Waals surface area contributed by atoms with Crippen LogP contribution in [0, 0.1) is 0 Å². The lowest BCUT2D eigenvalue weighted by Gasteiger charge is -2.20. The predicted molar refractivity (Wildman–Crippen MR) is 338 cm³/mol. The topological polar surface area (TPSA) is 95.9 Å². The van der Waals surface area contributed by atoms with E-state index in [2.05, 4.69) is 31.3 Å². The summed E-state index contributed by atoms with van der Waals surface area (Å²) in [5.41, 5.74) is 0. The number of hydrogen-bond donors (Lipinski definition) is 3. The molecule has 3 N–H and O–H groups in total. The third-order valence-corrected chi connectivity index (χ3v) is 16.5. The van der Waals surface area contributed by atoms with E-state index in [-0.39, 0.29) is 18.5 Å². The van der Waals surface area contributed by atoms with Crippen LogP contribution in [0.25, 0.3) is 0 Å². The number of rotatable bonds is 66. The second-order valence-corrected chi connectivity index (χ2v) is 24.2. The molecule has 0 aromatic rings. The second kappa shape index (κ2) is 66.8. The zero-order chi connectivity index (χ0) is 55.7. The summed E-state index contributed by atoms with van der Waals surface area (Å²) in [4.78, 5) is 24.5. The Bertz CT molecular complexity index is 1200. The van der Waals surface area contributed by atoms with Crippen molar-refractivity contribution in [3.63, 3.8) is 0 Å². The molecule has 0 saturated carbocycles. The number of carbonyl (C=O) groups is 2. The maximum Gasteiger partial charge on any atom is 0.305 e. The zero-order valence-corrected chi connectivity index (χ0v) is 52.2. The smallest absolute Gasteiger partial charge is 0.305 e. The molecular weight excluding hydrogens is 947 g/mol. The summed E-state index contributed by atoms with van der Waals surface area (Å²) in [6.07, 6.45) is 84.2. The second-order valence-electron chi connectivity index (χ2n) is 24.2. The molecule has 77 heavy (non-hydrogen) atoms. The van der Waals surface area contributed by atoms with E-state index >= 15 is 0 Å². The fourth-order valence-electron chi connectivity index (χ4n) is 11.1. The van der Waals surface area contributed by atoms with Crippen LogP contribution in [0.2, 0.25) is 0 Å². The highest BCUT2D eigenvalue weighted by molar-refractivity contribution is 5.76. The Morgan fingerprint density at radius 1 is 0.351 bits per heavy atom. The molecule has 0 spiro atoms. The van der Waals surface area contributed by atoms with Gasteiger partial charge < -0.3 is 20.3 Å². The maximum absolute atomic E-state index is 12.5. The fourth-order valence-corrected chi connectivity index (χ4v) is 11.1. The first-order chi connectivity index (χ1) is 38.0. The van der Waals surface area contributed by atoms with Crippen molar-refractivity contribution in [2.24, 2.45) is 0 Å². The standard InChI is InChI=1S/C71H137NO5/c1-3-5-7-9-11-13-15-17-37-41-45-49-53-57-61-65-71(76)77-66-62-58-54-50-46-42-39-36-34-32-30-28-26-24-22-20-18-19-21-23-25-27-29-31-33-35-38-40-44-48-52-56-60-64-70(75)72-68(67-73)69(74)63-59-55-51-47-43-16-14-12-10-8-6-4-2/h17,37,59,63,68-69,73-74H,3-16,18-36,38-58,60-62,64-67H2,1-2H3,(H,72,75)/b37-17-,63-59+. The van der Waals surface area contributed by atoms with Crippen molar-refractivity contribution in [1.82, 2.24) is 5.32 Å². The third kappa shape index (κ3) is 63.4. The highest BCUT2D eigenvalue weighted by atomic mass is 16.5. The normalized spacial score (nSPS) is 12.6. The molecule has 1 amide bonds. The lowest BCUT2D eigenvalue weighted by molar-refractivity contribution is -0.143. The van der Waals surface area contributed by atoms with Gasteiger partial charge in [0.25, 0.3) is 0 Å². The van der Waals surface area contributed by atoms with Gasteiger partial charge in [-0.15, -0.1) is 0 Å². The minimum absolute atomic E-state index is 0.0140. The number of amides is 1. The van der Waals surface area contributed by atoms with Gasteiger partial charge in [-0.05, 0) is 57.8 Å². The highest BCUT2D eigenvalue weighted by Gasteiger charge is 2.18. The van der Waals surface area contributed by atoms with Gasteiger partial charge in [-0.1, -0.05) is 346 Å². The minimum Gasteiger partial charge on any atom is -0.466 e. The summed E-state index contributed by atoms with van der Waals surface area (Å²) in [6, 6.07) is -0.622. The summed E-state index contributed by atoms with van der Waals surface area (Å²) >= 11 is 0. The van der Waals surface area contributed by atoms with Crippen molar-refractivity contribution in [1.29, 1.82) is 0 Å². The van der Waals surface area contributed by atoms with Crippen LogP contribution >= 0.6 is 0 Å². The summed E-state index contributed by atoms with van der Waals surface area (Å²) in [5.74, 6) is -0.0482. The van der Waals surface area contributed by atoms with Gasteiger partial charge in [-0.3, -0.25) is 9.59 Å². The van der Waals surface area contributed by atoms with Crippen LogP contribution in [0.4, 0.5) is 0 Å². The van der Waals surface area contributed by atoms with Gasteiger partial charge in [0.15, 0.2) is 0 Å². The van der Waals surface area contributed by atoms with Crippen LogP contribution in [0.3, 0.4) is 0 Å². The summed E-state index contributed by atoms with van der Waals surface area (Å²) in [5, 5.41) is 23.1. The van der Waals surface area contributed by atoms with Crippen LogP contribution in [0.1, 0.15) is 393 Å². The number of unbranched alkanes of at least 4 members (excludes halogenated alkanes) is 53. The summed E-state index contributed by atoms with van der Waals surface area (Å²) < 4.78 is 5.49. The number of ether oxygens (including phenoxy) is 1. The number of hydrogen-bond acceptors (Lipinski definition) is 5. The molecule has 0 aliphatic heterocycles. The largest absolute Gasteiger partial charge is 0.466 e. The van der Waals surface area contributed by atoms with Crippen molar-refractivity contribution >= 4 is 11.9 Å². The molecule has 0 aliphatic rings. The quantitative estimate of drug-likeness (QED) is 0.0320. The van der Waals surface area contributed by atoms with Crippen LogP contribution in [0.5, 0.6) is 0 Å². The van der Waals surface area contributed by atoms with Crippen LogP contribution in [-0.2, 0) is 14.3 Å². The number of aliphatic hydroxyl groups excluding tert-OH is 2. The van der Waals surface area contributed by atoms with Crippen LogP contribution in [0.15, 0.2) is 24.3 Å². The molecule has 0 aromatic carbocycles. The molecule has 0 heterocycles.